The molecule has 0 spiro atoms. The van der Waals surface area contributed by atoms with Gasteiger partial charge in [0.1, 0.15) is 6.04 Å². The lowest BCUT2D eigenvalue weighted by molar-refractivity contribution is -0.139. The van der Waals surface area contributed by atoms with Gasteiger partial charge in [0, 0.05) is 14.9 Å². The molecule has 166 valence electrons. The molecular formula is C22H19BrN2O5S2. The van der Waals surface area contributed by atoms with Gasteiger partial charge in [-0.25, -0.2) is 9.79 Å². The van der Waals surface area contributed by atoms with Gasteiger partial charge in [-0.1, -0.05) is 33.3 Å². The molecule has 0 unspecified atom stereocenters. The van der Waals surface area contributed by atoms with Crippen LogP contribution in [0.2, 0.25) is 0 Å². The first-order valence-electron chi connectivity index (χ1n) is 9.65. The molecule has 0 radical (unpaired) electrons. The summed E-state index contributed by atoms with van der Waals surface area (Å²) in [4.78, 5) is 32.1. The molecule has 1 aromatic carbocycles. The van der Waals surface area contributed by atoms with E-state index < -0.39 is 12.0 Å². The van der Waals surface area contributed by atoms with Gasteiger partial charge in [-0.3, -0.25) is 9.36 Å². The third-order valence-electron chi connectivity index (χ3n) is 4.91. The lowest BCUT2D eigenvalue weighted by atomic mass is 10.0. The van der Waals surface area contributed by atoms with E-state index in [0.29, 0.717) is 30.6 Å². The van der Waals surface area contributed by atoms with Crippen LogP contribution in [0.3, 0.4) is 0 Å². The minimum atomic E-state index is -0.627. The number of thiophene rings is 1. The quantitative estimate of drug-likeness (QED) is 0.507. The van der Waals surface area contributed by atoms with Crippen molar-refractivity contribution in [1.82, 2.24) is 4.57 Å². The Labute approximate surface area is 199 Å². The molecule has 10 heteroatoms. The highest BCUT2D eigenvalue weighted by Gasteiger charge is 2.33. The highest BCUT2D eigenvalue weighted by molar-refractivity contribution is 9.10. The van der Waals surface area contributed by atoms with Gasteiger partial charge in [0.05, 0.1) is 29.5 Å². The van der Waals surface area contributed by atoms with Gasteiger partial charge in [0.2, 0.25) is 0 Å². The monoisotopic (exact) mass is 534 g/mol. The number of phenolic OH excluding ortho intramolecular Hbond substituents is 1. The number of thiazole rings is 1. The molecule has 0 fully saturated rings. The number of aromatic nitrogens is 1. The van der Waals surface area contributed by atoms with Crippen LogP contribution in [0.4, 0.5) is 0 Å². The third kappa shape index (κ3) is 3.94. The molecule has 2 aromatic heterocycles. The van der Waals surface area contributed by atoms with E-state index in [0.717, 1.165) is 4.88 Å². The van der Waals surface area contributed by atoms with Gasteiger partial charge in [-0.2, -0.15) is 0 Å². The molecule has 32 heavy (non-hydrogen) atoms. The first-order chi connectivity index (χ1) is 15.3. The van der Waals surface area contributed by atoms with Crippen molar-refractivity contribution in [3.05, 3.63) is 75.5 Å². The minimum Gasteiger partial charge on any atom is -0.504 e. The van der Waals surface area contributed by atoms with Crippen LogP contribution in [-0.2, 0) is 9.53 Å². The van der Waals surface area contributed by atoms with E-state index in [9.17, 15) is 14.7 Å². The Kier molecular flexibility index (Phi) is 6.36. The number of fused-ring (bicyclic) bond motifs is 1. The Morgan fingerprint density at radius 1 is 1.41 bits per heavy atom. The molecule has 1 atom stereocenters. The largest absolute Gasteiger partial charge is 0.504 e. The van der Waals surface area contributed by atoms with Crippen LogP contribution >= 0.6 is 38.6 Å². The van der Waals surface area contributed by atoms with Gasteiger partial charge < -0.3 is 14.6 Å². The lowest BCUT2D eigenvalue weighted by Gasteiger charge is -2.23. The number of halogens is 1. The van der Waals surface area contributed by atoms with Crippen molar-refractivity contribution in [3.8, 4) is 11.5 Å². The number of carbonyl (C=O) groups excluding carboxylic acids is 1. The average Bonchev–Trinajstić information content (AvgIpc) is 3.38. The second-order valence-electron chi connectivity index (χ2n) is 6.86. The highest BCUT2D eigenvalue weighted by atomic mass is 79.9. The Balaban J connectivity index is 1.96. The molecule has 3 heterocycles. The summed E-state index contributed by atoms with van der Waals surface area (Å²) >= 11 is 6.04. The maximum Gasteiger partial charge on any atom is 0.338 e. The summed E-state index contributed by atoms with van der Waals surface area (Å²) in [5.74, 6) is -0.272. The number of rotatable bonds is 5. The maximum absolute atomic E-state index is 13.5. The summed E-state index contributed by atoms with van der Waals surface area (Å²) in [7, 11) is 1.46. The van der Waals surface area contributed by atoms with Crippen LogP contribution in [0.5, 0.6) is 11.5 Å². The average molecular weight is 535 g/mol. The van der Waals surface area contributed by atoms with E-state index in [2.05, 4.69) is 20.9 Å². The summed E-state index contributed by atoms with van der Waals surface area (Å²) in [6.45, 7) is 3.71. The number of allylic oxidation sites excluding steroid dienone is 1. The first kappa shape index (κ1) is 22.5. The number of hydrogen-bond donors (Lipinski definition) is 1. The SMILES string of the molecule is CCOC(=O)C1=C(C)N=c2s/c(=C/c3cc(Br)cc(OC)c3O)c(=O)n2[C@@H]1c1cccs1. The predicted octanol–water partition coefficient (Wildman–Crippen LogP) is 3.34. The van der Waals surface area contributed by atoms with Crippen molar-refractivity contribution < 1.29 is 19.4 Å². The van der Waals surface area contributed by atoms with Gasteiger partial charge in [0.25, 0.3) is 5.56 Å². The zero-order valence-electron chi connectivity index (χ0n) is 17.4. The molecular weight excluding hydrogens is 516 g/mol. The number of nitrogens with zero attached hydrogens (tertiary/aromatic N) is 2. The van der Waals surface area contributed by atoms with E-state index in [1.165, 1.54) is 34.4 Å². The molecule has 0 amide bonds. The Hall–Kier alpha value is -2.69. The van der Waals surface area contributed by atoms with Crippen LogP contribution in [0.25, 0.3) is 6.08 Å². The first-order valence-corrected chi connectivity index (χ1v) is 12.1. The van der Waals surface area contributed by atoms with Crippen molar-refractivity contribution >= 4 is 50.6 Å². The predicted molar refractivity (Wildman–Crippen MR) is 127 cm³/mol. The zero-order valence-corrected chi connectivity index (χ0v) is 20.6. The molecule has 0 bridgehead atoms. The number of hydrogen-bond acceptors (Lipinski definition) is 8. The topological polar surface area (TPSA) is 90.1 Å². The van der Waals surface area contributed by atoms with E-state index in [4.69, 9.17) is 9.47 Å². The van der Waals surface area contributed by atoms with Crippen molar-refractivity contribution in [2.24, 2.45) is 4.99 Å². The number of carbonyl (C=O) groups is 1. The third-order valence-corrected chi connectivity index (χ3v) is 7.27. The summed E-state index contributed by atoms with van der Waals surface area (Å²) < 4.78 is 13.1. The molecule has 1 aliphatic heterocycles. The van der Waals surface area contributed by atoms with Crippen LogP contribution in [0.1, 0.15) is 30.3 Å². The van der Waals surface area contributed by atoms with E-state index >= 15 is 0 Å². The Bertz CT molecular complexity index is 1400. The Morgan fingerprint density at radius 2 is 2.19 bits per heavy atom. The summed E-state index contributed by atoms with van der Waals surface area (Å²) in [5.41, 5.74) is 0.983. The molecule has 1 aliphatic rings. The van der Waals surface area contributed by atoms with Crippen LogP contribution in [-0.4, -0.2) is 29.4 Å². The molecule has 7 nitrogen and oxygen atoms in total. The molecule has 0 saturated carbocycles. The summed E-state index contributed by atoms with van der Waals surface area (Å²) in [6, 6.07) is 6.47. The molecule has 1 N–H and O–H groups in total. The van der Waals surface area contributed by atoms with Crippen LogP contribution < -0.4 is 19.6 Å². The normalized spacial score (nSPS) is 16.0. The molecule has 0 aliphatic carbocycles. The number of benzene rings is 1. The number of esters is 1. The smallest absolute Gasteiger partial charge is 0.338 e. The molecule has 4 rings (SSSR count). The fourth-order valence-electron chi connectivity index (χ4n) is 3.51. The fourth-order valence-corrected chi connectivity index (χ4v) is 5.82. The second kappa shape index (κ2) is 9.05. The van der Waals surface area contributed by atoms with E-state index in [1.807, 2.05) is 17.5 Å². The fraction of sp³-hybridized carbons (Fsp3) is 0.227. The van der Waals surface area contributed by atoms with Crippen molar-refractivity contribution in [3.63, 3.8) is 0 Å². The number of methoxy groups -OCH3 is 1. The van der Waals surface area contributed by atoms with Gasteiger partial charge in [-0.15, -0.1) is 11.3 Å². The number of phenols is 1. The van der Waals surface area contributed by atoms with Gasteiger partial charge in [-0.05, 0) is 43.5 Å². The molecule has 0 saturated heterocycles. The Morgan fingerprint density at radius 3 is 2.84 bits per heavy atom. The standard InChI is InChI=1S/C22H19BrN2O5S2/c1-4-30-21(28)17-11(2)24-22-25(18(17)15-6-5-7-31-15)20(27)16(32-22)9-12-8-13(23)10-14(29-3)19(12)26/h5-10,18,26H,4H2,1-3H3/b16-9+/t18-/m1/s1. The van der Waals surface area contributed by atoms with Crippen LogP contribution in [0.15, 0.2) is 55.2 Å². The van der Waals surface area contributed by atoms with Crippen molar-refractivity contribution in [2.75, 3.05) is 13.7 Å². The summed E-state index contributed by atoms with van der Waals surface area (Å²) in [6.07, 6.45) is 1.60. The number of aromatic hydroxyl groups is 1. The van der Waals surface area contributed by atoms with Crippen molar-refractivity contribution in [1.29, 1.82) is 0 Å². The summed E-state index contributed by atoms with van der Waals surface area (Å²) in [5, 5.41) is 12.4. The van der Waals surface area contributed by atoms with Crippen molar-refractivity contribution in [2.45, 2.75) is 19.9 Å². The maximum atomic E-state index is 13.5. The van der Waals surface area contributed by atoms with Crippen LogP contribution in [0, 0.1) is 0 Å². The second-order valence-corrected chi connectivity index (χ2v) is 9.77. The molecule has 3 aromatic rings. The highest BCUT2D eigenvalue weighted by Crippen LogP contribution is 2.35. The van der Waals surface area contributed by atoms with Gasteiger partial charge in [0.15, 0.2) is 16.3 Å². The lowest BCUT2D eigenvalue weighted by Crippen LogP contribution is -2.39. The minimum absolute atomic E-state index is 0.0697. The van der Waals surface area contributed by atoms with Gasteiger partial charge >= 0.3 is 5.97 Å². The number of ether oxygens (including phenoxy) is 2. The zero-order chi connectivity index (χ0) is 23.0. The van der Waals surface area contributed by atoms with E-state index in [1.54, 1.807) is 32.1 Å². The van der Waals surface area contributed by atoms with E-state index in [-0.39, 0.29) is 23.7 Å².